The van der Waals surface area contributed by atoms with Crippen molar-refractivity contribution in [2.24, 2.45) is 5.92 Å². The molecule has 1 unspecified atom stereocenters. The third-order valence-electron chi connectivity index (χ3n) is 7.85. The standard InChI is InChI=1S/C30H38O2/c1-2-3-4-5-22-6-8-23(9-7-22)24-10-12-25(13-11-24)26-14-16-27(17-15-26)28-18-20-29(21-19-28)30(31)32/h10-17,20,22-23,28H,2-9,18-19,21H2,1H3,(H,31,32). The van der Waals surface area contributed by atoms with Gasteiger partial charge in [-0.3, -0.25) is 0 Å². The smallest absolute Gasteiger partial charge is 0.331 e. The van der Waals surface area contributed by atoms with E-state index in [0.717, 1.165) is 24.7 Å². The molecule has 1 N–H and O–H groups in total. The number of carbonyl (C=O) groups is 1. The molecule has 0 amide bonds. The number of hydrogen-bond acceptors (Lipinski definition) is 1. The van der Waals surface area contributed by atoms with E-state index in [1.807, 2.05) is 6.08 Å². The quantitative estimate of drug-likeness (QED) is 0.426. The van der Waals surface area contributed by atoms with Crippen LogP contribution in [0.2, 0.25) is 0 Å². The van der Waals surface area contributed by atoms with Crippen LogP contribution in [-0.2, 0) is 4.79 Å². The fourth-order valence-corrected chi connectivity index (χ4v) is 5.69. The highest BCUT2D eigenvalue weighted by atomic mass is 16.4. The highest BCUT2D eigenvalue weighted by Gasteiger charge is 2.22. The summed E-state index contributed by atoms with van der Waals surface area (Å²) < 4.78 is 0. The fraction of sp³-hybridized carbons (Fsp3) is 0.500. The van der Waals surface area contributed by atoms with Gasteiger partial charge >= 0.3 is 5.97 Å². The molecule has 1 saturated carbocycles. The summed E-state index contributed by atoms with van der Waals surface area (Å²) in [6, 6.07) is 18.2. The number of unbranched alkanes of at least 4 members (excludes halogenated alkanes) is 2. The first kappa shape index (κ1) is 22.8. The molecule has 170 valence electrons. The van der Waals surface area contributed by atoms with Crippen LogP contribution in [0.4, 0.5) is 0 Å². The molecule has 0 spiro atoms. The zero-order valence-corrected chi connectivity index (χ0v) is 19.6. The van der Waals surface area contributed by atoms with Crippen LogP contribution in [0.25, 0.3) is 11.1 Å². The van der Waals surface area contributed by atoms with Gasteiger partial charge in [0.2, 0.25) is 0 Å². The van der Waals surface area contributed by atoms with E-state index >= 15 is 0 Å². The van der Waals surface area contributed by atoms with Crippen molar-refractivity contribution in [2.75, 3.05) is 0 Å². The Hall–Kier alpha value is -2.35. The van der Waals surface area contributed by atoms with Gasteiger partial charge in [-0.15, -0.1) is 0 Å². The molecule has 2 aliphatic carbocycles. The number of rotatable bonds is 8. The second-order valence-corrected chi connectivity index (χ2v) is 9.96. The van der Waals surface area contributed by atoms with Crippen molar-refractivity contribution >= 4 is 5.97 Å². The Labute approximate surface area is 193 Å². The van der Waals surface area contributed by atoms with Crippen molar-refractivity contribution in [3.63, 3.8) is 0 Å². The van der Waals surface area contributed by atoms with E-state index in [2.05, 4.69) is 55.5 Å². The summed E-state index contributed by atoms with van der Waals surface area (Å²) in [7, 11) is 0. The molecule has 32 heavy (non-hydrogen) atoms. The van der Waals surface area contributed by atoms with E-state index in [0.29, 0.717) is 17.9 Å². The Morgan fingerprint density at radius 2 is 1.41 bits per heavy atom. The summed E-state index contributed by atoms with van der Waals surface area (Å²) in [5, 5.41) is 9.14. The van der Waals surface area contributed by atoms with Gasteiger partial charge in [0.15, 0.2) is 0 Å². The molecule has 0 saturated heterocycles. The average Bonchev–Trinajstić information content (AvgIpc) is 2.85. The van der Waals surface area contributed by atoms with Crippen LogP contribution in [0.1, 0.15) is 101 Å². The van der Waals surface area contributed by atoms with Crippen molar-refractivity contribution < 1.29 is 9.90 Å². The molecule has 2 aromatic carbocycles. The predicted molar refractivity (Wildman–Crippen MR) is 133 cm³/mol. The second kappa shape index (κ2) is 11.0. The molecule has 2 aliphatic rings. The normalized spacial score (nSPS) is 23.5. The van der Waals surface area contributed by atoms with E-state index in [9.17, 15) is 4.79 Å². The van der Waals surface area contributed by atoms with Gasteiger partial charge in [0.1, 0.15) is 0 Å². The molecule has 2 heteroatoms. The molecule has 4 rings (SSSR count). The van der Waals surface area contributed by atoms with Crippen molar-refractivity contribution in [3.05, 3.63) is 71.3 Å². The van der Waals surface area contributed by atoms with Gasteiger partial charge in [-0.1, -0.05) is 87.2 Å². The topological polar surface area (TPSA) is 37.3 Å². The Morgan fingerprint density at radius 3 is 1.91 bits per heavy atom. The number of benzene rings is 2. The molecule has 0 heterocycles. The van der Waals surface area contributed by atoms with E-state index in [4.69, 9.17) is 5.11 Å². The van der Waals surface area contributed by atoms with Gasteiger partial charge in [0.05, 0.1) is 0 Å². The number of aliphatic carboxylic acids is 1. The number of hydrogen-bond donors (Lipinski definition) is 1. The van der Waals surface area contributed by atoms with Crippen LogP contribution in [0.3, 0.4) is 0 Å². The average molecular weight is 431 g/mol. The lowest BCUT2D eigenvalue weighted by atomic mass is 9.77. The van der Waals surface area contributed by atoms with Gasteiger partial charge in [-0.2, -0.15) is 0 Å². The van der Waals surface area contributed by atoms with Gasteiger partial charge in [0, 0.05) is 5.57 Å². The van der Waals surface area contributed by atoms with Crippen LogP contribution in [-0.4, -0.2) is 11.1 Å². The number of carboxylic acid groups (broad SMARTS) is 1. The Balaban J connectivity index is 1.32. The number of carboxylic acids is 1. The summed E-state index contributed by atoms with van der Waals surface area (Å²) in [6.45, 7) is 2.29. The summed E-state index contributed by atoms with van der Waals surface area (Å²) >= 11 is 0. The molecule has 0 bridgehead atoms. The van der Waals surface area contributed by atoms with Crippen LogP contribution in [0, 0.1) is 5.92 Å². The summed E-state index contributed by atoms with van der Waals surface area (Å²) in [5.41, 5.74) is 5.95. The lowest BCUT2D eigenvalue weighted by Gasteiger charge is -2.29. The molecule has 1 fully saturated rings. The fourth-order valence-electron chi connectivity index (χ4n) is 5.69. The predicted octanol–water partition coefficient (Wildman–Crippen LogP) is 8.49. The van der Waals surface area contributed by atoms with Crippen molar-refractivity contribution in [3.8, 4) is 11.1 Å². The van der Waals surface area contributed by atoms with E-state index in [1.165, 1.54) is 73.6 Å². The Morgan fingerprint density at radius 1 is 0.812 bits per heavy atom. The first-order valence-corrected chi connectivity index (χ1v) is 12.8. The molecular weight excluding hydrogens is 392 g/mol. The highest BCUT2D eigenvalue weighted by molar-refractivity contribution is 5.86. The maximum absolute atomic E-state index is 11.1. The zero-order valence-electron chi connectivity index (χ0n) is 19.6. The van der Waals surface area contributed by atoms with Gasteiger partial charge in [-0.05, 0) is 85.0 Å². The highest BCUT2D eigenvalue weighted by Crippen LogP contribution is 2.38. The molecular formula is C30H38O2. The summed E-state index contributed by atoms with van der Waals surface area (Å²) in [5.74, 6) is 1.38. The van der Waals surface area contributed by atoms with Crippen LogP contribution >= 0.6 is 0 Å². The molecule has 0 aliphatic heterocycles. The minimum Gasteiger partial charge on any atom is -0.478 e. The van der Waals surface area contributed by atoms with E-state index < -0.39 is 5.97 Å². The molecule has 2 nitrogen and oxygen atoms in total. The molecule has 1 atom stereocenters. The second-order valence-electron chi connectivity index (χ2n) is 9.96. The minimum absolute atomic E-state index is 0.437. The van der Waals surface area contributed by atoms with Crippen LogP contribution in [0.15, 0.2) is 60.2 Å². The Bertz CT molecular complexity index is 899. The molecule has 0 aromatic heterocycles. The zero-order chi connectivity index (χ0) is 22.3. The van der Waals surface area contributed by atoms with Crippen LogP contribution in [0.5, 0.6) is 0 Å². The monoisotopic (exact) mass is 430 g/mol. The minimum atomic E-state index is -0.762. The first-order chi connectivity index (χ1) is 15.6. The SMILES string of the molecule is CCCCCC1CCC(c2ccc(-c3ccc(C4CC=C(C(=O)O)CC4)cc3)cc2)CC1. The lowest BCUT2D eigenvalue weighted by molar-refractivity contribution is -0.132. The lowest BCUT2D eigenvalue weighted by Crippen LogP contribution is -2.13. The maximum atomic E-state index is 11.1. The van der Waals surface area contributed by atoms with E-state index in [1.54, 1.807) is 0 Å². The third kappa shape index (κ3) is 5.71. The van der Waals surface area contributed by atoms with E-state index in [-0.39, 0.29) is 0 Å². The maximum Gasteiger partial charge on any atom is 0.331 e. The van der Waals surface area contributed by atoms with Crippen molar-refractivity contribution in [1.29, 1.82) is 0 Å². The largest absolute Gasteiger partial charge is 0.478 e. The van der Waals surface area contributed by atoms with Crippen molar-refractivity contribution in [1.82, 2.24) is 0 Å². The molecule has 2 aromatic rings. The first-order valence-electron chi connectivity index (χ1n) is 12.8. The Kier molecular flexibility index (Phi) is 7.84. The summed E-state index contributed by atoms with van der Waals surface area (Å²) in [4.78, 5) is 11.1. The molecule has 0 radical (unpaired) electrons. The van der Waals surface area contributed by atoms with Crippen LogP contribution < -0.4 is 0 Å². The van der Waals surface area contributed by atoms with Gasteiger partial charge in [0.25, 0.3) is 0 Å². The van der Waals surface area contributed by atoms with Gasteiger partial charge in [-0.25, -0.2) is 4.79 Å². The van der Waals surface area contributed by atoms with Crippen molar-refractivity contribution in [2.45, 2.75) is 89.4 Å². The van der Waals surface area contributed by atoms with Gasteiger partial charge < -0.3 is 5.11 Å². The summed E-state index contributed by atoms with van der Waals surface area (Å²) in [6.07, 6.45) is 15.4. The third-order valence-corrected chi connectivity index (χ3v) is 7.85. The number of allylic oxidation sites excluding steroid dienone is 1.